The number of rotatable bonds is 8. The average Bonchev–Trinajstić information content (AvgIpc) is 2.91. The van der Waals surface area contributed by atoms with Crippen LogP contribution in [0, 0.1) is 0 Å². The maximum absolute atomic E-state index is 10.9. The van der Waals surface area contributed by atoms with Crippen LogP contribution in [0.15, 0.2) is 28.7 Å². The maximum Gasteiger partial charge on any atom is 0.335 e. The summed E-state index contributed by atoms with van der Waals surface area (Å²) in [7, 11) is 0. The van der Waals surface area contributed by atoms with Crippen molar-refractivity contribution in [2.24, 2.45) is 5.73 Å². The molecule has 7 heteroatoms. The number of anilines is 2. The molecule has 0 saturated carbocycles. The standard InChI is InChI=1S/C14H18N4O3/c15-8-3-1-2-7-12-17-18-14(21-12)16-11-6-4-5-10(9-11)13(19)20/h4-6,9H,1-3,7-8,15H2,(H,16,18)(H,19,20). The summed E-state index contributed by atoms with van der Waals surface area (Å²) in [5, 5.41) is 19.7. The van der Waals surface area contributed by atoms with Crippen LogP contribution in [0.3, 0.4) is 0 Å². The molecule has 0 aliphatic heterocycles. The molecule has 0 saturated heterocycles. The number of carboxylic acid groups (broad SMARTS) is 1. The second-order valence-corrected chi connectivity index (χ2v) is 4.61. The minimum Gasteiger partial charge on any atom is -0.478 e. The summed E-state index contributed by atoms with van der Waals surface area (Å²) < 4.78 is 5.46. The summed E-state index contributed by atoms with van der Waals surface area (Å²) in [5.41, 5.74) is 6.22. The van der Waals surface area contributed by atoms with Gasteiger partial charge >= 0.3 is 12.0 Å². The van der Waals surface area contributed by atoms with Crippen LogP contribution in [0.4, 0.5) is 11.7 Å². The van der Waals surface area contributed by atoms with Crippen molar-refractivity contribution >= 4 is 17.7 Å². The molecule has 21 heavy (non-hydrogen) atoms. The minimum absolute atomic E-state index is 0.196. The number of nitrogens with one attached hydrogen (secondary N) is 1. The predicted molar refractivity (Wildman–Crippen MR) is 77.6 cm³/mol. The van der Waals surface area contributed by atoms with Crippen LogP contribution in [0.2, 0.25) is 0 Å². The Morgan fingerprint density at radius 1 is 1.29 bits per heavy atom. The van der Waals surface area contributed by atoms with Crippen molar-refractivity contribution in [1.29, 1.82) is 0 Å². The number of nitrogens with zero attached hydrogens (tertiary/aromatic N) is 2. The van der Waals surface area contributed by atoms with Crippen molar-refractivity contribution < 1.29 is 14.3 Å². The van der Waals surface area contributed by atoms with E-state index in [-0.39, 0.29) is 11.6 Å². The van der Waals surface area contributed by atoms with Crippen molar-refractivity contribution in [2.45, 2.75) is 25.7 Å². The normalized spacial score (nSPS) is 10.5. The molecule has 2 aromatic rings. The van der Waals surface area contributed by atoms with Gasteiger partial charge in [-0.15, -0.1) is 5.10 Å². The van der Waals surface area contributed by atoms with Crippen molar-refractivity contribution in [3.8, 4) is 0 Å². The molecule has 112 valence electrons. The Labute approximate surface area is 122 Å². The number of aromatic nitrogens is 2. The topological polar surface area (TPSA) is 114 Å². The molecule has 1 heterocycles. The number of unbranched alkanes of at least 4 members (excludes halogenated alkanes) is 2. The smallest absolute Gasteiger partial charge is 0.335 e. The Balaban J connectivity index is 1.93. The van der Waals surface area contributed by atoms with Gasteiger partial charge in [0.2, 0.25) is 5.89 Å². The summed E-state index contributed by atoms with van der Waals surface area (Å²) in [6.45, 7) is 0.691. The molecule has 2 rings (SSSR count). The van der Waals surface area contributed by atoms with Crippen LogP contribution < -0.4 is 11.1 Å². The first-order chi connectivity index (χ1) is 10.2. The predicted octanol–water partition coefficient (Wildman–Crippen LogP) is 2.18. The lowest BCUT2D eigenvalue weighted by atomic mass is 10.2. The third kappa shape index (κ3) is 4.57. The fraction of sp³-hybridized carbons (Fsp3) is 0.357. The molecule has 0 spiro atoms. The van der Waals surface area contributed by atoms with Gasteiger partial charge in [-0.2, -0.15) is 0 Å². The van der Waals surface area contributed by atoms with Gasteiger partial charge in [-0.05, 0) is 37.6 Å². The number of aromatic carboxylic acids is 1. The van der Waals surface area contributed by atoms with E-state index in [0.29, 0.717) is 24.5 Å². The van der Waals surface area contributed by atoms with Crippen LogP contribution in [-0.4, -0.2) is 27.8 Å². The van der Waals surface area contributed by atoms with E-state index in [2.05, 4.69) is 15.5 Å². The van der Waals surface area contributed by atoms with E-state index in [1.54, 1.807) is 12.1 Å². The molecule has 0 bridgehead atoms. The van der Waals surface area contributed by atoms with E-state index in [1.807, 2.05) is 0 Å². The fourth-order valence-corrected chi connectivity index (χ4v) is 1.86. The summed E-state index contributed by atoms with van der Waals surface area (Å²) in [6, 6.07) is 6.66. The lowest BCUT2D eigenvalue weighted by molar-refractivity contribution is 0.0697. The Kier molecular flexibility index (Phi) is 5.28. The van der Waals surface area contributed by atoms with Crippen LogP contribution in [-0.2, 0) is 6.42 Å². The van der Waals surface area contributed by atoms with Gasteiger partial charge in [0, 0.05) is 12.1 Å². The molecule has 0 atom stereocenters. The minimum atomic E-state index is -0.982. The van der Waals surface area contributed by atoms with Gasteiger partial charge in [-0.1, -0.05) is 17.6 Å². The largest absolute Gasteiger partial charge is 0.478 e. The Morgan fingerprint density at radius 3 is 2.90 bits per heavy atom. The third-order valence-corrected chi connectivity index (χ3v) is 2.92. The van der Waals surface area contributed by atoms with E-state index >= 15 is 0 Å². The number of hydrogen-bond donors (Lipinski definition) is 3. The van der Waals surface area contributed by atoms with E-state index < -0.39 is 5.97 Å². The molecule has 0 aliphatic carbocycles. The van der Waals surface area contributed by atoms with Gasteiger partial charge < -0.3 is 20.6 Å². The van der Waals surface area contributed by atoms with Crippen molar-refractivity contribution in [2.75, 3.05) is 11.9 Å². The average molecular weight is 290 g/mol. The van der Waals surface area contributed by atoms with E-state index in [0.717, 1.165) is 19.3 Å². The zero-order valence-electron chi connectivity index (χ0n) is 11.6. The lowest BCUT2D eigenvalue weighted by Crippen LogP contribution is -1.98. The van der Waals surface area contributed by atoms with Crippen molar-refractivity contribution in [1.82, 2.24) is 10.2 Å². The summed E-state index contributed by atoms with van der Waals surface area (Å²) in [5.74, 6) is -0.423. The van der Waals surface area contributed by atoms with Crippen LogP contribution >= 0.6 is 0 Å². The van der Waals surface area contributed by atoms with Gasteiger partial charge in [0.25, 0.3) is 0 Å². The second kappa shape index (κ2) is 7.39. The molecule has 0 radical (unpaired) electrons. The van der Waals surface area contributed by atoms with Gasteiger partial charge in [0.05, 0.1) is 5.56 Å². The first-order valence-corrected chi connectivity index (χ1v) is 6.82. The zero-order chi connectivity index (χ0) is 15.1. The number of benzene rings is 1. The zero-order valence-corrected chi connectivity index (χ0v) is 11.6. The summed E-state index contributed by atoms with van der Waals surface area (Å²) >= 11 is 0. The molecule has 1 aromatic heterocycles. The molecule has 0 unspecified atom stereocenters. The quantitative estimate of drug-likeness (QED) is 0.638. The highest BCUT2D eigenvalue weighted by Gasteiger charge is 2.08. The van der Waals surface area contributed by atoms with Crippen molar-refractivity contribution in [3.63, 3.8) is 0 Å². The SMILES string of the molecule is NCCCCCc1nnc(Nc2cccc(C(=O)O)c2)o1. The van der Waals surface area contributed by atoms with Gasteiger partial charge in [-0.3, -0.25) is 0 Å². The van der Waals surface area contributed by atoms with Crippen LogP contribution in [0.5, 0.6) is 0 Å². The maximum atomic E-state index is 10.9. The molecule has 7 nitrogen and oxygen atoms in total. The fourth-order valence-electron chi connectivity index (χ4n) is 1.86. The van der Waals surface area contributed by atoms with Gasteiger partial charge in [0.15, 0.2) is 0 Å². The summed E-state index contributed by atoms with van der Waals surface area (Å²) in [6.07, 6.45) is 3.68. The molecule has 0 fully saturated rings. The first-order valence-electron chi connectivity index (χ1n) is 6.82. The van der Waals surface area contributed by atoms with E-state index in [1.165, 1.54) is 12.1 Å². The Morgan fingerprint density at radius 2 is 2.14 bits per heavy atom. The van der Waals surface area contributed by atoms with Crippen molar-refractivity contribution in [3.05, 3.63) is 35.7 Å². The van der Waals surface area contributed by atoms with Crippen LogP contribution in [0.25, 0.3) is 0 Å². The molecule has 0 aliphatic rings. The molecule has 0 amide bonds. The Hall–Kier alpha value is -2.41. The van der Waals surface area contributed by atoms with Crippen LogP contribution in [0.1, 0.15) is 35.5 Å². The lowest BCUT2D eigenvalue weighted by Gasteiger charge is -2.02. The number of nitrogens with two attached hydrogens (primary N) is 1. The number of carbonyl (C=O) groups is 1. The molecule has 1 aromatic carbocycles. The summed E-state index contributed by atoms with van der Waals surface area (Å²) in [4.78, 5) is 10.9. The van der Waals surface area contributed by atoms with E-state index in [4.69, 9.17) is 15.3 Å². The monoisotopic (exact) mass is 290 g/mol. The number of aryl methyl sites for hydroxylation is 1. The highest BCUT2D eigenvalue weighted by Crippen LogP contribution is 2.17. The Bertz CT molecular complexity index is 597. The van der Waals surface area contributed by atoms with Gasteiger partial charge in [0.1, 0.15) is 0 Å². The molecular weight excluding hydrogens is 272 g/mol. The number of hydrogen-bond acceptors (Lipinski definition) is 6. The molecule has 4 N–H and O–H groups in total. The highest BCUT2D eigenvalue weighted by molar-refractivity contribution is 5.88. The van der Waals surface area contributed by atoms with Gasteiger partial charge in [-0.25, -0.2) is 4.79 Å². The third-order valence-electron chi connectivity index (χ3n) is 2.92. The first kappa shape index (κ1) is 15.0. The molecular formula is C14H18N4O3. The number of carboxylic acids is 1. The second-order valence-electron chi connectivity index (χ2n) is 4.61. The highest BCUT2D eigenvalue weighted by atomic mass is 16.4. The van der Waals surface area contributed by atoms with E-state index in [9.17, 15) is 4.79 Å².